The van der Waals surface area contributed by atoms with Crippen LogP contribution < -0.4 is 10.5 Å². The topological polar surface area (TPSA) is 68.8 Å². The molecule has 1 saturated heterocycles. The Morgan fingerprint density at radius 1 is 1.14 bits per heavy atom. The summed E-state index contributed by atoms with van der Waals surface area (Å²) in [7, 11) is 0. The number of anilines is 1. The maximum atomic E-state index is 12.7. The summed E-state index contributed by atoms with van der Waals surface area (Å²) < 4.78 is 4.12. The molecule has 0 aromatic carbocycles. The summed E-state index contributed by atoms with van der Waals surface area (Å²) in [6.45, 7) is 6.85. The molecule has 0 bridgehead atoms. The summed E-state index contributed by atoms with van der Waals surface area (Å²) in [6, 6.07) is 2.00. The van der Waals surface area contributed by atoms with Gasteiger partial charge in [0, 0.05) is 61.6 Å². The number of hydrogen-bond acceptors (Lipinski definition) is 5. The highest BCUT2D eigenvalue weighted by Gasteiger charge is 2.30. The third-order valence-corrected chi connectivity index (χ3v) is 6.29. The molecule has 1 aliphatic heterocycles. The third kappa shape index (κ3) is 2.89. The van der Waals surface area contributed by atoms with E-state index >= 15 is 0 Å². The van der Waals surface area contributed by atoms with E-state index in [1.807, 2.05) is 37.0 Å². The highest BCUT2D eigenvalue weighted by molar-refractivity contribution is 5.79. The van der Waals surface area contributed by atoms with E-state index in [1.54, 1.807) is 6.07 Å². The molecule has 7 nitrogen and oxygen atoms in total. The van der Waals surface area contributed by atoms with Gasteiger partial charge >= 0.3 is 0 Å². The van der Waals surface area contributed by atoms with Crippen molar-refractivity contribution in [3.8, 4) is 0 Å². The molecule has 28 heavy (non-hydrogen) atoms. The van der Waals surface area contributed by atoms with Crippen LogP contribution in [0.15, 0.2) is 29.5 Å². The first-order chi connectivity index (χ1) is 13.6. The quantitative estimate of drug-likeness (QED) is 0.698. The zero-order valence-electron chi connectivity index (χ0n) is 16.5. The molecule has 0 atom stereocenters. The minimum absolute atomic E-state index is 0.0682. The van der Waals surface area contributed by atoms with Crippen molar-refractivity contribution in [2.45, 2.75) is 52.1 Å². The lowest BCUT2D eigenvalue weighted by molar-refractivity contribution is 0.350. The molecule has 3 aromatic rings. The van der Waals surface area contributed by atoms with Crippen LogP contribution in [0, 0.1) is 19.8 Å². The van der Waals surface area contributed by atoms with Crippen molar-refractivity contribution in [3.63, 3.8) is 0 Å². The maximum Gasteiger partial charge on any atom is 0.252 e. The van der Waals surface area contributed by atoms with Gasteiger partial charge in [-0.05, 0) is 32.3 Å². The highest BCUT2D eigenvalue weighted by atomic mass is 16.1. The Hall–Kier alpha value is -2.70. The number of hydrogen-bond donors (Lipinski definition) is 0. The minimum atomic E-state index is 0.0682. The number of aromatic nitrogens is 5. The Bertz CT molecular complexity index is 1070. The standard InChI is InChI=1S/C21H26N6O/c1-14-9-19(28)27(17-5-3-4-6-17)20-18(14)10-23-21(24-20)26-12-16(13-26)11-25-8-7-22-15(25)2/h7-10,16-17H,3-6,11-13H2,1-2H3. The van der Waals surface area contributed by atoms with Gasteiger partial charge in [-0.3, -0.25) is 9.36 Å². The summed E-state index contributed by atoms with van der Waals surface area (Å²) in [5, 5.41) is 0.987. The van der Waals surface area contributed by atoms with E-state index in [0.717, 1.165) is 60.8 Å². The predicted molar refractivity (Wildman–Crippen MR) is 109 cm³/mol. The van der Waals surface area contributed by atoms with E-state index in [9.17, 15) is 4.79 Å². The van der Waals surface area contributed by atoms with Crippen molar-refractivity contribution in [1.82, 2.24) is 24.1 Å². The van der Waals surface area contributed by atoms with E-state index < -0.39 is 0 Å². The van der Waals surface area contributed by atoms with Gasteiger partial charge in [-0.1, -0.05) is 12.8 Å². The second-order valence-electron chi connectivity index (χ2n) is 8.28. The van der Waals surface area contributed by atoms with E-state index in [0.29, 0.717) is 5.92 Å². The summed E-state index contributed by atoms with van der Waals surface area (Å²) in [5.74, 6) is 2.36. The molecule has 0 spiro atoms. The molecular weight excluding hydrogens is 352 g/mol. The van der Waals surface area contributed by atoms with Crippen molar-refractivity contribution < 1.29 is 0 Å². The Morgan fingerprint density at radius 2 is 1.93 bits per heavy atom. The van der Waals surface area contributed by atoms with Crippen LogP contribution in [0.1, 0.15) is 43.1 Å². The van der Waals surface area contributed by atoms with Gasteiger partial charge in [0.25, 0.3) is 5.56 Å². The van der Waals surface area contributed by atoms with E-state index in [1.165, 1.54) is 12.8 Å². The van der Waals surface area contributed by atoms with Crippen molar-refractivity contribution in [2.75, 3.05) is 18.0 Å². The summed E-state index contributed by atoms with van der Waals surface area (Å²) in [4.78, 5) is 28.7. The molecule has 3 aromatic heterocycles. The van der Waals surface area contributed by atoms with Gasteiger partial charge < -0.3 is 9.47 Å². The molecule has 0 amide bonds. The zero-order valence-corrected chi connectivity index (χ0v) is 16.5. The number of fused-ring (bicyclic) bond motifs is 1. The minimum Gasteiger partial charge on any atom is -0.340 e. The Balaban J connectivity index is 1.43. The van der Waals surface area contributed by atoms with Crippen molar-refractivity contribution in [3.05, 3.63) is 46.4 Å². The monoisotopic (exact) mass is 378 g/mol. The second-order valence-corrected chi connectivity index (χ2v) is 8.28. The Kier molecular flexibility index (Phi) is 4.18. The van der Waals surface area contributed by atoms with Gasteiger partial charge in [0.15, 0.2) is 0 Å². The molecule has 1 saturated carbocycles. The van der Waals surface area contributed by atoms with Crippen LogP contribution in [0.3, 0.4) is 0 Å². The molecule has 2 fully saturated rings. The predicted octanol–water partition coefficient (Wildman–Crippen LogP) is 2.86. The summed E-state index contributed by atoms with van der Waals surface area (Å²) in [5.41, 5.74) is 1.83. The van der Waals surface area contributed by atoms with Crippen molar-refractivity contribution in [1.29, 1.82) is 0 Å². The zero-order chi connectivity index (χ0) is 19.3. The van der Waals surface area contributed by atoms with Gasteiger partial charge in [0.05, 0.1) is 0 Å². The second kappa shape index (κ2) is 6.72. The van der Waals surface area contributed by atoms with Crippen LogP contribution in [0.5, 0.6) is 0 Å². The van der Waals surface area contributed by atoms with Gasteiger partial charge in [-0.2, -0.15) is 4.98 Å². The Labute approximate surface area is 164 Å². The molecule has 2 aliphatic rings. The maximum absolute atomic E-state index is 12.7. The number of rotatable bonds is 4. The lowest BCUT2D eigenvalue weighted by Crippen LogP contribution is -2.49. The largest absolute Gasteiger partial charge is 0.340 e. The number of aryl methyl sites for hydroxylation is 2. The van der Waals surface area contributed by atoms with Crippen LogP contribution in [0.2, 0.25) is 0 Å². The molecule has 0 unspecified atom stereocenters. The van der Waals surface area contributed by atoms with Gasteiger partial charge in [-0.15, -0.1) is 0 Å². The molecule has 146 valence electrons. The normalized spacial score (nSPS) is 18.1. The third-order valence-electron chi connectivity index (χ3n) is 6.29. The van der Waals surface area contributed by atoms with Crippen LogP contribution in [-0.4, -0.2) is 37.2 Å². The highest BCUT2D eigenvalue weighted by Crippen LogP contribution is 2.32. The fourth-order valence-electron chi connectivity index (χ4n) is 4.65. The molecule has 0 radical (unpaired) electrons. The molecule has 0 N–H and O–H groups in total. The fraction of sp³-hybridized carbons (Fsp3) is 0.524. The van der Waals surface area contributed by atoms with Crippen LogP contribution in [0.4, 0.5) is 5.95 Å². The first-order valence-corrected chi connectivity index (χ1v) is 10.2. The molecule has 7 heteroatoms. The summed E-state index contributed by atoms with van der Waals surface area (Å²) >= 11 is 0. The number of pyridine rings is 1. The van der Waals surface area contributed by atoms with Gasteiger partial charge in [0.1, 0.15) is 11.5 Å². The van der Waals surface area contributed by atoms with Crippen LogP contribution >= 0.6 is 0 Å². The lowest BCUT2D eigenvalue weighted by atomic mass is 10.0. The van der Waals surface area contributed by atoms with E-state index in [2.05, 4.69) is 19.4 Å². The summed E-state index contributed by atoms with van der Waals surface area (Å²) in [6.07, 6.45) is 10.3. The SMILES string of the molecule is Cc1cc(=O)n(C2CCCC2)c2nc(N3CC(Cn4ccnc4C)C3)ncc12. The molecule has 1 aliphatic carbocycles. The van der Waals surface area contributed by atoms with E-state index in [4.69, 9.17) is 4.98 Å². The van der Waals surface area contributed by atoms with Gasteiger partial charge in [0.2, 0.25) is 5.95 Å². The average molecular weight is 378 g/mol. The molecule has 5 rings (SSSR count). The fourth-order valence-corrected chi connectivity index (χ4v) is 4.65. The molecule has 4 heterocycles. The lowest BCUT2D eigenvalue weighted by Gasteiger charge is -2.39. The van der Waals surface area contributed by atoms with Crippen LogP contribution in [0.25, 0.3) is 11.0 Å². The Morgan fingerprint density at radius 3 is 2.64 bits per heavy atom. The van der Waals surface area contributed by atoms with Gasteiger partial charge in [-0.25, -0.2) is 9.97 Å². The first kappa shape index (κ1) is 17.4. The smallest absolute Gasteiger partial charge is 0.252 e. The molecular formula is C21H26N6O. The number of nitrogens with zero attached hydrogens (tertiary/aromatic N) is 6. The van der Waals surface area contributed by atoms with Crippen molar-refractivity contribution >= 4 is 17.0 Å². The van der Waals surface area contributed by atoms with Crippen LogP contribution in [-0.2, 0) is 6.54 Å². The average Bonchev–Trinajstić information content (AvgIpc) is 3.29. The van der Waals surface area contributed by atoms with Crippen molar-refractivity contribution in [2.24, 2.45) is 5.92 Å². The number of imidazole rings is 1. The van der Waals surface area contributed by atoms with E-state index in [-0.39, 0.29) is 11.6 Å². The first-order valence-electron chi connectivity index (χ1n) is 10.2.